The quantitative estimate of drug-likeness (QED) is 0.841. The molecule has 0 saturated heterocycles. The van der Waals surface area contributed by atoms with Crippen LogP contribution in [0, 0.1) is 13.8 Å². The molecular weight excluding hydrogens is 294 g/mol. The van der Waals surface area contributed by atoms with E-state index in [-0.39, 0.29) is 17.7 Å². The summed E-state index contributed by atoms with van der Waals surface area (Å²) in [4.78, 5) is 27.3. The molecule has 1 aliphatic rings. The zero-order valence-corrected chi connectivity index (χ0v) is 13.6. The number of ketones is 1. The van der Waals surface area contributed by atoms with Gasteiger partial charge in [-0.3, -0.25) is 9.59 Å². The van der Waals surface area contributed by atoms with Gasteiger partial charge in [0.15, 0.2) is 5.78 Å². The van der Waals surface area contributed by atoms with Gasteiger partial charge in [0.2, 0.25) is 0 Å². The van der Waals surface area contributed by atoms with E-state index < -0.39 is 0 Å². The first-order chi connectivity index (χ1) is 11.0. The molecule has 1 amide bonds. The molecule has 0 spiro atoms. The third-order valence-corrected chi connectivity index (χ3v) is 4.48. The number of aromatic nitrogens is 4. The van der Waals surface area contributed by atoms with Gasteiger partial charge in [0.25, 0.3) is 5.91 Å². The maximum atomic E-state index is 12.6. The highest BCUT2D eigenvalue weighted by Gasteiger charge is 2.24. The van der Waals surface area contributed by atoms with Crippen LogP contribution in [0.25, 0.3) is 0 Å². The van der Waals surface area contributed by atoms with Gasteiger partial charge in [-0.15, -0.1) is 10.2 Å². The number of fused-ring (bicyclic) bond motifs is 1. The van der Waals surface area contributed by atoms with Crippen LogP contribution in [0.5, 0.6) is 0 Å². The summed E-state index contributed by atoms with van der Waals surface area (Å²) < 4.78 is 2.03. The Hall–Kier alpha value is -2.44. The Labute approximate surface area is 134 Å². The van der Waals surface area contributed by atoms with Gasteiger partial charge < -0.3 is 14.9 Å². The van der Waals surface area contributed by atoms with E-state index in [2.05, 4.69) is 20.5 Å². The van der Waals surface area contributed by atoms with E-state index in [1.807, 2.05) is 18.4 Å². The second kappa shape index (κ2) is 5.98. The molecule has 23 heavy (non-hydrogen) atoms. The second-order valence-electron chi connectivity index (χ2n) is 6.12. The highest BCUT2D eigenvalue weighted by Crippen LogP contribution is 2.20. The Balaban J connectivity index is 1.73. The molecular formula is C16H21N5O2. The van der Waals surface area contributed by atoms with E-state index >= 15 is 0 Å². The summed E-state index contributed by atoms with van der Waals surface area (Å²) in [5, 5.41) is 11.1. The Kier molecular flexibility index (Phi) is 4.02. The molecule has 3 rings (SSSR count). The van der Waals surface area contributed by atoms with Gasteiger partial charge in [-0.1, -0.05) is 0 Å². The lowest BCUT2D eigenvalue weighted by Gasteiger charge is -2.16. The van der Waals surface area contributed by atoms with Crippen molar-refractivity contribution in [2.45, 2.75) is 52.6 Å². The lowest BCUT2D eigenvalue weighted by molar-refractivity contribution is 0.0931. The van der Waals surface area contributed by atoms with Gasteiger partial charge >= 0.3 is 0 Å². The first kappa shape index (κ1) is 15.5. The Morgan fingerprint density at radius 2 is 2.13 bits per heavy atom. The van der Waals surface area contributed by atoms with Gasteiger partial charge in [0.1, 0.15) is 12.2 Å². The molecule has 1 aliphatic heterocycles. The average Bonchev–Trinajstić information content (AvgIpc) is 3.01. The van der Waals surface area contributed by atoms with Crippen molar-refractivity contribution in [2.75, 3.05) is 0 Å². The number of nitrogens with zero attached hydrogens (tertiary/aromatic N) is 3. The molecule has 2 aromatic heterocycles. The van der Waals surface area contributed by atoms with Crippen LogP contribution in [0.4, 0.5) is 0 Å². The van der Waals surface area contributed by atoms with E-state index in [1.165, 1.54) is 6.92 Å². The van der Waals surface area contributed by atoms with Crippen LogP contribution in [0.3, 0.4) is 0 Å². The van der Waals surface area contributed by atoms with Crippen molar-refractivity contribution < 1.29 is 9.59 Å². The fraction of sp³-hybridized carbons (Fsp3) is 0.500. The molecule has 2 N–H and O–H groups in total. The third-order valence-electron chi connectivity index (χ3n) is 4.48. The molecule has 0 fully saturated rings. The zero-order valence-electron chi connectivity index (χ0n) is 13.6. The van der Waals surface area contributed by atoms with Gasteiger partial charge in [-0.2, -0.15) is 0 Å². The number of amides is 1. The second-order valence-corrected chi connectivity index (χ2v) is 6.12. The summed E-state index contributed by atoms with van der Waals surface area (Å²) in [6, 6.07) is 0.0960. The SMILES string of the molecule is CC(=O)c1[nH]c(C)c(C(=O)NC2CCc3nncn3CC2)c1C. The number of nitrogens with one attached hydrogen (secondary N) is 2. The molecule has 0 aliphatic carbocycles. The molecule has 0 bridgehead atoms. The summed E-state index contributed by atoms with van der Waals surface area (Å²) in [5.74, 6) is 0.790. The zero-order chi connectivity index (χ0) is 16.6. The maximum Gasteiger partial charge on any atom is 0.253 e. The van der Waals surface area contributed by atoms with Crippen LogP contribution in [-0.2, 0) is 13.0 Å². The number of H-pyrrole nitrogens is 1. The van der Waals surface area contributed by atoms with Crippen LogP contribution >= 0.6 is 0 Å². The summed E-state index contributed by atoms with van der Waals surface area (Å²) in [6.07, 6.45) is 4.22. The molecule has 0 aromatic carbocycles. The fourth-order valence-corrected chi connectivity index (χ4v) is 3.25. The normalized spacial score (nSPS) is 17.4. The number of aromatic amines is 1. The van der Waals surface area contributed by atoms with Crippen molar-refractivity contribution in [1.29, 1.82) is 0 Å². The van der Waals surface area contributed by atoms with E-state index in [0.29, 0.717) is 11.3 Å². The van der Waals surface area contributed by atoms with Crippen LogP contribution in [-0.4, -0.2) is 37.5 Å². The summed E-state index contributed by atoms with van der Waals surface area (Å²) in [7, 11) is 0. The first-order valence-electron chi connectivity index (χ1n) is 7.85. The van der Waals surface area contributed by atoms with Crippen LogP contribution in [0.15, 0.2) is 6.33 Å². The topological polar surface area (TPSA) is 92.7 Å². The van der Waals surface area contributed by atoms with Gasteiger partial charge in [0.05, 0.1) is 11.3 Å². The van der Waals surface area contributed by atoms with Crippen molar-refractivity contribution in [1.82, 2.24) is 25.1 Å². The molecule has 122 valence electrons. The molecule has 0 saturated carbocycles. The number of Topliss-reactive ketones (excluding diaryl/α,β-unsaturated/α-hetero) is 1. The standard InChI is InChI=1S/C16H21N5O2/c1-9-14(10(2)18-15(9)11(3)22)16(23)19-12-4-5-13-20-17-8-21(13)7-6-12/h8,12,18H,4-7H2,1-3H3,(H,19,23). The molecule has 1 atom stereocenters. The predicted molar refractivity (Wildman–Crippen MR) is 84.5 cm³/mol. The highest BCUT2D eigenvalue weighted by molar-refractivity contribution is 6.02. The third kappa shape index (κ3) is 2.91. The number of carbonyl (C=O) groups is 2. The minimum absolute atomic E-state index is 0.0583. The fourth-order valence-electron chi connectivity index (χ4n) is 3.25. The van der Waals surface area contributed by atoms with Crippen LogP contribution in [0.2, 0.25) is 0 Å². The van der Waals surface area contributed by atoms with E-state index in [4.69, 9.17) is 0 Å². The monoisotopic (exact) mass is 315 g/mol. The van der Waals surface area contributed by atoms with E-state index in [0.717, 1.165) is 42.9 Å². The van der Waals surface area contributed by atoms with Crippen molar-refractivity contribution in [3.63, 3.8) is 0 Å². The van der Waals surface area contributed by atoms with Crippen molar-refractivity contribution in [3.8, 4) is 0 Å². The first-order valence-corrected chi connectivity index (χ1v) is 7.85. The van der Waals surface area contributed by atoms with Gasteiger partial charge in [0, 0.05) is 31.6 Å². The predicted octanol–water partition coefficient (Wildman–Crippen LogP) is 1.56. The number of aryl methyl sites for hydroxylation is 3. The molecule has 1 unspecified atom stereocenters. The summed E-state index contributed by atoms with van der Waals surface area (Å²) in [6.45, 7) is 5.93. The largest absolute Gasteiger partial charge is 0.355 e. The van der Waals surface area contributed by atoms with Crippen molar-refractivity contribution in [3.05, 3.63) is 34.7 Å². The smallest absolute Gasteiger partial charge is 0.253 e. The minimum atomic E-state index is -0.119. The molecule has 3 heterocycles. The van der Waals surface area contributed by atoms with E-state index in [9.17, 15) is 9.59 Å². The molecule has 7 nitrogen and oxygen atoms in total. The van der Waals surface area contributed by atoms with E-state index in [1.54, 1.807) is 6.33 Å². The average molecular weight is 315 g/mol. The van der Waals surface area contributed by atoms with Gasteiger partial charge in [-0.05, 0) is 32.3 Å². The minimum Gasteiger partial charge on any atom is -0.355 e. The van der Waals surface area contributed by atoms with Gasteiger partial charge in [-0.25, -0.2) is 0 Å². The van der Waals surface area contributed by atoms with Crippen LogP contribution < -0.4 is 5.32 Å². The summed E-state index contributed by atoms with van der Waals surface area (Å²) in [5.41, 5.74) is 2.55. The number of hydrogen-bond acceptors (Lipinski definition) is 4. The molecule has 0 radical (unpaired) electrons. The number of carbonyl (C=O) groups excluding carboxylic acids is 2. The maximum absolute atomic E-state index is 12.6. The Morgan fingerprint density at radius 3 is 2.83 bits per heavy atom. The van der Waals surface area contributed by atoms with Crippen LogP contribution in [0.1, 0.15) is 57.7 Å². The summed E-state index contributed by atoms with van der Waals surface area (Å²) >= 11 is 0. The Bertz CT molecular complexity index is 736. The lowest BCUT2D eigenvalue weighted by atomic mass is 10.1. The Morgan fingerprint density at radius 1 is 1.35 bits per heavy atom. The number of rotatable bonds is 3. The number of hydrogen-bond donors (Lipinski definition) is 2. The lowest BCUT2D eigenvalue weighted by Crippen LogP contribution is -2.35. The highest BCUT2D eigenvalue weighted by atomic mass is 16.2. The molecule has 7 heteroatoms. The molecule has 2 aromatic rings. The van der Waals surface area contributed by atoms with Crippen molar-refractivity contribution >= 4 is 11.7 Å². The van der Waals surface area contributed by atoms with Crippen molar-refractivity contribution in [2.24, 2.45) is 0 Å².